The largest absolute Gasteiger partial charge is 0.493 e. The van der Waals surface area contributed by atoms with Gasteiger partial charge >= 0.3 is 5.97 Å². The number of carbonyl (C=O) groups excluding carboxylic acids is 1. The molecule has 0 saturated carbocycles. The molecule has 0 spiro atoms. The molecule has 1 aliphatic heterocycles. The molecule has 0 aromatic heterocycles. The van der Waals surface area contributed by atoms with Crippen LogP contribution >= 0.6 is 11.6 Å². The van der Waals surface area contributed by atoms with Crippen molar-refractivity contribution in [2.75, 3.05) is 40.4 Å². The van der Waals surface area contributed by atoms with Crippen molar-refractivity contribution in [1.82, 2.24) is 5.01 Å². The number of ether oxygens (including phenoxy) is 3. The second kappa shape index (κ2) is 10.3. The van der Waals surface area contributed by atoms with Crippen LogP contribution in [-0.2, 0) is 11.3 Å². The minimum atomic E-state index is -0.438. The minimum absolute atomic E-state index is 0.268. The summed E-state index contributed by atoms with van der Waals surface area (Å²) in [5.74, 6) is 0.669. The molecule has 0 bridgehead atoms. The first-order chi connectivity index (χ1) is 14.5. The summed E-state index contributed by atoms with van der Waals surface area (Å²) < 4.78 is 15.9. The topological polar surface area (TPSA) is 64.8 Å². The number of hydrazone groups is 1. The zero-order valence-corrected chi connectivity index (χ0v) is 18.2. The van der Waals surface area contributed by atoms with Gasteiger partial charge in [-0.15, -0.1) is 0 Å². The fourth-order valence-corrected chi connectivity index (χ4v) is 3.49. The number of nitrogens with one attached hydrogen (secondary N) is 1. The number of hydrogen-bond acceptors (Lipinski definition) is 6. The van der Waals surface area contributed by atoms with Gasteiger partial charge in [0.15, 0.2) is 11.5 Å². The smallest absolute Gasteiger partial charge is 0.308 e. The molecule has 1 aliphatic rings. The molecule has 1 saturated heterocycles. The lowest BCUT2D eigenvalue weighted by Gasteiger charge is -2.30. The van der Waals surface area contributed by atoms with E-state index in [-0.39, 0.29) is 5.75 Å². The molecular weight excluding hydrogens is 406 g/mol. The number of methoxy groups -OCH3 is 2. The van der Waals surface area contributed by atoms with Crippen molar-refractivity contribution in [1.29, 1.82) is 0 Å². The van der Waals surface area contributed by atoms with E-state index in [2.05, 4.69) is 22.2 Å². The van der Waals surface area contributed by atoms with Gasteiger partial charge in [-0.3, -0.25) is 9.80 Å². The Morgan fingerprint density at radius 2 is 1.73 bits per heavy atom. The standard InChI is InChI=1S/C22H26ClN3O4/c1-16(27)30-22-20(28-2)12-18(13-21(22)29-3)14-24-26-10-8-25(9-11-26)15-17-4-6-19(23)7-5-17/h4-7,12-14H,8-11,15H2,1-3H3/p+1/b24-14-. The Morgan fingerprint density at radius 3 is 2.27 bits per heavy atom. The van der Waals surface area contributed by atoms with Crippen molar-refractivity contribution in [3.05, 3.63) is 52.5 Å². The quantitative estimate of drug-likeness (QED) is 0.412. The monoisotopic (exact) mass is 432 g/mol. The van der Waals surface area contributed by atoms with Gasteiger partial charge in [0.05, 0.1) is 46.6 Å². The van der Waals surface area contributed by atoms with Gasteiger partial charge in [0, 0.05) is 23.1 Å². The van der Waals surface area contributed by atoms with Crippen molar-refractivity contribution < 1.29 is 23.9 Å². The molecule has 0 aliphatic carbocycles. The molecule has 3 rings (SSSR count). The number of halogens is 1. The predicted molar refractivity (Wildman–Crippen MR) is 116 cm³/mol. The third-order valence-corrected chi connectivity index (χ3v) is 5.17. The molecule has 0 atom stereocenters. The number of benzene rings is 2. The molecular formula is C22H27ClN3O4+. The first-order valence-electron chi connectivity index (χ1n) is 9.80. The molecule has 160 valence electrons. The van der Waals surface area contributed by atoms with E-state index in [0.717, 1.165) is 43.3 Å². The summed E-state index contributed by atoms with van der Waals surface area (Å²) >= 11 is 5.96. The van der Waals surface area contributed by atoms with Crippen LogP contribution in [0.4, 0.5) is 0 Å². The fraction of sp³-hybridized carbons (Fsp3) is 0.364. The molecule has 7 nitrogen and oxygen atoms in total. The van der Waals surface area contributed by atoms with E-state index in [9.17, 15) is 4.79 Å². The van der Waals surface area contributed by atoms with E-state index in [1.165, 1.54) is 31.6 Å². The van der Waals surface area contributed by atoms with Gasteiger partial charge in [0.2, 0.25) is 5.75 Å². The van der Waals surface area contributed by atoms with Crippen molar-refractivity contribution >= 4 is 23.8 Å². The third kappa shape index (κ3) is 5.87. The summed E-state index contributed by atoms with van der Waals surface area (Å²) in [6.07, 6.45) is 1.77. The average molecular weight is 433 g/mol. The van der Waals surface area contributed by atoms with Crippen LogP contribution in [-0.4, -0.2) is 57.6 Å². The summed E-state index contributed by atoms with van der Waals surface area (Å²) in [6.45, 7) is 6.10. The normalized spacial score (nSPS) is 14.7. The van der Waals surface area contributed by atoms with Crippen molar-refractivity contribution in [3.8, 4) is 17.2 Å². The second-order valence-electron chi connectivity index (χ2n) is 7.10. The summed E-state index contributed by atoms with van der Waals surface area (Å²) in [6, 6.07) is 11.6. The van der Waals surface area contributed by atoms with Crippen LogP contribution in [0.25, 0.3) is 0 Å². The Hall–Kier alpha value is -2.77. The molecule has 0 unspecified atom stereocenters. The van der Waals surface area contributed by atoms with Gasteiger partial charge in [-0.25, -0.2) is 0 Å². The maximum absolute atomic E-state index is 11.3. The molecule has 30 heavy (non-hydrogen) atoms. The Morgan fingerprint density at radius 1 is 1.13 bits per heavy atom. The number of carbonyl (C=O) groups is 1. The first-order valence-corrected chi connectivity index (χ1v) is 10.2. The number of hydrogen-bond donors (Lipinski definition) is 1. The number of nitrogens with zero attached hydrogens (tertiary/aromatic N) is 2. The van der Waals surface area contributed by atoms with Gasteiger partial charge in [-0.1, -0.05) is 23.7 Å². The van der Waals surface area contributed by atoms with Gasteiger partial charge in [0.1, 0.15) is 6.54 Å². The van der Waals surface area contributed by atoms with Crippen LogP contribution < -0.4 is 19.1 Å². The molecule has 1 heterocycles. The van der Waals surface area contributed by atoms with Gasteiger partial charge in [0.25, 0.3) is 0 Å². The van der Waals surface area contributed by atoms with Crippen LogP contribution in [0, 0.1) is 0 Å². The van der Waals surface area contributed by atoms with E-state index in [4.69, 9.17) is 25.8 Å². The molecule has 2 aromatic carbocycles. The number of piperazine rings is 1. The SMILES string of the molecule is COc1cc(/C=N\N2CC[NH+](Cc3ccc(Cl)cc3)CC2)cc(OC)c1OC(C)=O. The highest BCUT2D eigenvalue weighted by Crippen LogP contribution is 2.38. The van der Waals surface area contributed by atoms with Gasteiger partial charge < -0.3 is 19.1 Å². The van der Waals surface area contributed by atoms with Crippen LogP contribution in [0.5, 0.6) is 17.2 Å². The Labute approximate surface area is 181 Å². The van der Waals surface area contributed by atoms with E-state index in [1.54, 1.807) is 18.3 Å². The summed E-state index contributed by atoms with van der Waals surface area (Å²) in [5, 5.41) is 7.43. The molecule has 1 N–H and O–H groups in total. The molecule has 0 radical (unpaired) electrons. The van der Waals surface area contributed by atoms with Gasteiger partial charge in [-0.2, -0.15) is 5.10 Å². The van der Waals surface area contributed by atoms with Crippen molar-refractivity contribution in [2.24, 2.45) is 5.10 Å². The van der Waals surface area contributed by atoms with E-state index < -0.39 is 5.97 Å². The van der Waals surface area contributed by atoms with Crippen molar-refractivity contribution in [3.63, 3.8) is 0 Å². The number of esters is 1. The third-order valence-electron chi connectivity index (χ3n) is 4.91. The number of quaternary nitrogens is 1. The Kier molecular flexibility index (Phi) is 7.54. The Balaban J connectivity index is 1.61. The predicted octanol–water partition coefficient (Wildman–Crippen LogP) is 2.02. The van der Waals surface area contributed by atoms with Crippen LogP contribution in [0.2, 0.25) is 5.02 Å². The van der Waals surface area contributed by atoms with Crippen molar-refractivity contribution in [2.45, 2.75) is 13.5 Å². The second-order valence-corrected chi connectivity index (χ2v) is 7.54. The summed E-state index contributed by atoms with van der Waals surface area (Å²) in [4.78, 5) is 12.9. The molecule has 0 amide bonds. The Bertz CT molecular complexity index is 869. The summed E-state index contributed by atoms with van der Waals surface area (Å²) in [7, 11) is 3.04. The summed E-state index contributed by atoms with van der Waals surface area (Å²) in [5.41, 5.74) is 2.09. The van der Waals surface area contributed by atoms with E-state index in [1.807, 2.05) is 12.1 Å². The lowest BCUT2D eigenvalue weighted by molar-refractivity contribution is -0.918. The van der Waals surface area contributed by atoms with Crippen LogP contribution in [0.1, 0.15) is 18.1 Å². The highest BCUT2D eigenvalue weighted by atomic mass is 35.5. The lowest BCUT2D eigenvalue weighted by atomic mass is 10.2. The van der Waals surface area contributed by atoms with Crippen LogP contribution in [0.15, 0.2) is 41.5 Å². The van der Waals surface area contributed by atoms with E-state index in [0.29, 0.717) is 11.5 Å². The van der Waals surface area contributed by atoms with Crippen LogP contribution in [0.3, 0.4) is 0 Å². The average Bonchev–Trinajstić information content (AvgIpc) is 2.75. The minimum Gasteiger partial charge on any atom is -0.493 e. The first kappa shape index (κ1) is 21.9. The van der Waals surface area contributed by atoms with E-state index >= 15 is 0 Å². The maximum Gasteiger partial charge on any atom is 0.308 e. The maximum atomic E-state index is 11.3. The highest BCUT2D eigenvalue weighted by Gasteiger charge is 2.19. The lowest BCUT2D eigenvalue weighted by Crippen LogP contribution is -3.13. The molecule has 2 aromatic rings. The molecule has 1 fully saturated rings. The zero-order chi connectivity index (χ0) is 21.5. The zero-order valence-electron chi connectivity index (χ0n) is 17.5. The number of rotatable bonds is 7. The van der Waals surface area contributed by atoms with Gasteiger partial charge in [-0.05, 0) is 24.3 Å². The molecule has 8 heteroatoms. The highest BCUT2D eigenvalue weighted by molar-refractivity contribution is 6.30. The fourth-order valence-electron chi connectivity index (χ4n) is 3.36.